The molecule has 2 bridgehead atoms. The van der Waals surface area contributed by atoms with Gasteiger partial charge in [0.05, 0.1) is 6.54 Å². The molecule has 5 heteroatoms. The number of fused-ring (bicyclic) bond motifs is 3. The van der Waals surface area contributed by atoms with Crippen LogP contribution >= 0.6 is 0 Å². The summed E-state index contributed by atoms with van der Waals surface area (Å²) >= 11 is 0. The number of nitrogens with one attached hydrogen (secondary N) is 1. The summed E-state index contributed by atoms with van der Waals surface area (Å²) in [6.07, 6.45) is 4.81. The van der Waals surface area contributed by atoms with E-state index in [1.165, 1.54) is 43.6 Å². The molecule has 5 aliphatic heterocycles. The zero-order valence-electron chi connectivity index (χ0n) is 13.7. The molecule has 5 aliphatic rings. The van der Waals surface area contributed by atoms with E-state index in [1.54, 1.807) is 0 Å². The van der Waals surface area contributed by atoms with Crippen LogP contribution in [0.3, 0.4) is 0 Å². The fourth-order valence-electron chi connectivity index (χ4n) is 4.69. The number of aryl methyl sites for hydroxylation is 1. The van der Waals surface area contributed by atoms with Crippen LogP contribution in [0.4, 0.5) is 5.69 Å². The molecule has 0 radical (unpaired) electrons. The van der Waals surface area contributed by atoms with E-state index in [1.807, 2.05) is 0 Å². The zero-order valence-corrected chi connectivity index (χ0v) is 13.7. The number of piperidine rings is 3. The molecule has 6 rings (SSSR count). The van der Waals surface area contributed by atoms with Crippen molar-refractivity contribution in [1.29, 1.82) is 0 Å². The molecule has 5 nitrogen and oxygen atoms in total. The van der Waals surface area contributed by atoms with Crippen LogP contribution in [0.15, 0.2) is 23.4 Å². The Kier molecular flexibility index (Phi) is 2.89. The third-order valence-electron chi connectivity index (χ3n) is 6.04. The van der Waals surface area contributed by atoms with Crippen molar-refractivity contribution in [2.24, 2.45) is 11.1 Å². The van der Waals surface area contributed by atoms with E-state index in [4.69, 9.17) is 4.84 Å². The van der Waals surface area contributed by atoms with Crippen molar-refractivity contribution in [3.63, 3.8) is 0 Å². The highest BCUT2D eigenvalue weighted by Crippen LogP contribution is 2.39. The maximum Gasteiger partial charge on any atom is 0.224 e. The van der Waals surface area contributed by atoms with Crippen molar-refractivity contribution in [3.8, 4) is 0 Å². The van der Waals surface area contributed by atoms with Crippen LogP contribution in [0.2, 0.25) is 0 Å². The summed E-state index contributed by atoms with van der Waals surface area (Å²) in [5.74, 6) is 1.49. The van der Waals surface area contributed by atoms with Gasteiger partial charge in [0.2, 0.25) is 5.72 Å². The van der Waals surface area contributed by atoms with E-state index in [9.17, 15) is 0 Å². The second kappa shape index (κ2) is 4.87. The Balaban J connectivity index is 1.41. The van der Waals surface area contributed by atoms with Gasteiger partial charge >= 0.3 is 0 Å². The number of rotatable bonds is 1. The average Bonchev–Trinajstić information content (AvgIpc) is 2.99. The molecule has 1 spiro atoms. The van der Waals surface area contributed by atoms with Crippen molar-refractivity contribution >= 4 is 11.5 Å². The second-order valence-electron chi connectivity index (χ2n) is 7.46. The number of oxime groups is 1. The van der Waals surface area contributed by atoms with Crippen LogP contribution in [-0.4, -0.2) is 49.7 Å². The molecule has 5 heterocycles. The van der Waals surface area contributed by atoms with Gasteiger partial charge in [0, 0.05) is 30.8 Å². The van der Waals surface area contributed by atoms with E-state index >= 15 is 0 Å². The first-order chi connectivity index (χ1) is 11.2. The van der Waals surface area contributed by atoms with Gasteiger partial charge in [-0.05, 0) is 62.5 Å². The normalized spacial score (nSPS) is 34.8. The molecule has 0 amide bonds. The Hall–Kier alpha value is -1.75. The van der Waals surface area contributed by atoms with Crippen LogP contribution in [-0.2, 0) is 11.3 Å². The number of hydrogen-bond donors (Lipinski definition) is 1. The first-order valence-electron chi connectivity index (χ1n) is 8.85. The van der Waals surface area contributed by atoms with Gasteiger partial charge in [0.15, 0.2) is 5.84 Å². The number of nitrogens with zero attached hydrogens (tertiary/aromatic N) is 3. The van der Waals surface area contributed by atoms with E-state index in [0.29, 0.717) is 5.92 Å². The maximum absolute atomic E-state index is 5.97. The number of benzene rings is 1. The Morgan fingerprint density at radius 3 is 2.91 bits per heavy atom. The molecule has 0 aliphatic carbocycles. The fourth-order valence-corrected chi connectivity index (χ4v) is 4.69. The number of anilines is 1. The Bertz CT molecular complexity index is 665. The SMILES string of the molecule is CN1CCCc2cc(C3=NOC4(CN5CCC4CC5)N3)ccc21. The molecule has 0 saturated carbocycles. The van der Waals surface area contributed by atoms with Crippen molar-refractivity contribution in [2.75, 3.05) is 38.1 Å². The van der Waals surface area contributed by atoms with Crippen molar-refractivity contribution in [2.45, 2.75) is 31.4 Å². The molecule has 0 aromatic heterocycles. The molecule has 3 fully saturated rings. The van der Waals surface area contributed by atoms with Crippen molar-refractivity contribution in [3.05, 3.63) is 29.3 Å². The van der Waals surface area contributed by atoms with Gasteiger partial charge in [0.1, 0.15) is 0 Å². The lowest BCUT2D eigenvalue weighted by Crippen LogP contribution is -2.65. The highest BCUT2D eigenvalue weighted by molar-refractivity contribution is 6.00. The molecule has 1 atom stereocenters. The van der Waals surface area contributed by atoms with E-state index < -0.39 is 0 Å². The smallest absolute Gasteiger partial charge is 0.224 e. The molecule has 122 valence electrons. The lowest BCUT2D eigenvalue weighted by atomic mass is 9.81. The van der Waals surface area contributed by atoms with E-state index in [0.717, 1.165) is 30.9 Å². The summed E-state index contributed by atoms with van der Waals surface area (Å²) < 4.78 is 0. The minimum Gasteiger partial charge on any atom is -0.374 e. The lowest BCUT2D eigenvalue weighted by Gasteiger charge is -2.49. The Labute approximate surface area is 137 Å². The minimum absolute atomic E-state index is 0.279. The van der Waals surface area contributed by atoms with Gasteiger partial charge in [0.25, 0.3) is 0 Å². The topological polar surface area (TPSA) is 40.1 Å². The molecule has 1 unspecified atom stereocenters. The quantitative estimate of drug-likeness (QED) is 0.858. The van der Waals surface area contributed by atoms with E-state index in [2.05, 4.69) is 45.5 Å². The van der Waals surface area contributed by atoms with Crippen LogP contribution in [0.5, 0.6) is 0 Å². The predicted octanol–water partition coefficient (Wildman–Crippen LogP) is 1.77. The molecule has 1 N–H and O–H groups in total. The Morgan fingerprint density at radius 1 is 1.26 bits per heavy atom. The van der Waals surface area contributed by atoms with Gasteiger partial charge in [-0.3, -0.25) is 4.90 Å². The number of hydrogen-bond acceptors (Lipinski definition) is 5. The second-order valence-corrected chi connectivity index (χ2v) is 7.46. The molecule has 1 aromatic carbocycles. The predicted molar refractivity (Wildman–Crippen MR) is 90.7 cm³/mol. The fraction of sp³-hybridized carbons (Fsp3) is 0.611. The van der Waals surface area contributed by atoms with Gasteiger partial charge in [-0.2, -0.15) is 0 Å². The lowest BCUT2D eigenvalue weighted by molar-refractivity contribution is -0.148. The maximum atomic E-state index is 5.97. The minimum atomic E-state index is -0.279. The number of amidine groups is 1. The molecular weight excluding hydrogens is 288 g/mol. The van der Waals surface area contributed by atoms with Crippen LogP contribution in [0.1, 0.15) is 30.4 Å². The highest BCUT2D eigenvalue weighted by atomic mass is 16.7. The van der Waals surface area contributed by atoms with Gasteiger partial charge in [-0.25, -0.2) is 0 Å². The van der Waals surface area contributed by atoms with Crippen molar-refractivity contribution < 1.29 is 4.84 Å². The molecule has 23 heavy (non-hydrogen) atoms. The summed E-state index contributed by atoms with van der Waals surface area (Å²) in [6, 6.07) is 6.70. The summed E-state index contributed by atoms with van der Waals surface area (Å²) in [7, 11) is 2.17. The van der Waals surface area contributed by atoms with Gasteiger partial charge in [-0.1, -0.05) is 5.16 Å². The van der Waals surface area contributed by atoms with Crippen LogP contribution in [0.25, 0.3) is 0 Å². The first-order valence-corrected chi connectivity index (χ1v) is 8.85. The Morgan fingerprint density at radius 2 is 2.13 bits per heavy atom. The van der Waals surface area contributed by atoms with Gasteiger partial charge in [-0.15, -0.1) is 0 Å². The third kappa shape index (κ3) is 2.06. The summed E-state index contributed by atoms with van der Waals surface area (Å²) in [6.45, 7) is 4.52. The first kappa shape index (κ1) is 13.7. The van der Waals surface area contributed by atoms with E-state index in [-0.39, 0.29) is 5.72 Å². The molecule has 3 saturated heterocycles. The van der Waals surface area contributed by atoms with Crippen LogP contribution < -0.4 is 10.2 Å². The van der Waals surface area contributed by atoms with Crippen LogP contribution in [0, 0.1) is 5.92 Å². The zero-order chi connectivity index (χ0) is 15.4. The third-order valence-corrected chi connectivity index (χ3v) is 6.04. The monoisotopic (exact) mass is 312 g/mol. The largest absolute Gasteiger partial charge is 0.374 e. The average molecular weight is 312 g/mol. The highest BCUT2D eigenvalue weighted by Gasteiger charge is 2.52. The van der Waals surface area contributed by atoms with Gasteiger partial charge < -0.3 is 15.1 Å². The summed E-state index contributed by atoms with van der Waals surface area (Å²) in [5, 5.41) is 8.08. The van der Waals surface area contributed by atoms with Crippen molar-refractivity contribution in [1.82, 2.24) is 10.2 Å². The molecule has 1 aromatic rings. The molecular formula is C18H24N4O. The summed E-state index contributed by atoms with van der Waals surface area (Å²) in [4.78, 5) is 10.8. The standard InChI is InChI=1S/C18H24N4O/c1-21-8-2-3-13-11-14(4-5-16(13)21)17-19-18(23-20-17)12-22-9-6-15(18)7-10-22/h4-5,11,15H,2-3,6-10,12H2,1H3,(H,19,20). The summed E-state index contributed by atoms with van der Waals surface area (Å²) in [5.41, 5.74) is 3.67.